The molecule has 0 aliphatic carbocycles. The standard InChI is InChI=1S/C28H33NO2/c1-4-27(22-11-8-7-9-12-22)28(24-13-10-14-25(30)21-24)23-15-17-26(18-16-23)31-20-19-29(5-2)6-3/h7-18,21,30H,4-6,19-20H2,1-3H3. The molecule has 0 fully saturated rings. The van der Waals surface area contributed by atoms with Gasteiger partial charge in [0.05, 0.1) is 0 Å². The second kappa shape index (κ2) is 11.4. The first-order valence-electron chi connectivity index (χ1n) is 11.2. The van der Waals surface area contributed by atoms with E-state index in [9.17, 15) is 5.11 Å². The Morgan fingerprint density at radius 2 is 1.45 bits per heavy atom. The van der Waals surface area contributed by atoms with Crippen LogP contribution >= 0.6 is 0 Å². The maximum Gasteiger partial charge on any atom is 0.119 e. The van der Waals surface area contributed by atoms with Crippen LogP contribution in [0.5, 0.6) is 11.5 Å². The average Bonchev–Trinajstić information content (AvgIpc) is 2.81. The number of likely N-dealkylation sites (N-methyl/N-ethyl adjacent to an activating group) is 1. The lowest BCUT2D eigenvalue weighted by molar-refractivity contribution is 0.223. The van der Waals surface area contributed by atoms with Crippen molar-refractivity contribution in [2.75, 3.05) is 26.2 Å². The van der Waals surface area contributed by atoms with Crippen molar-refractivity contribution in [2.45, 2.75) is 27.2 Å². The first kappa shape index (κ1) is 22.6. The molecular weight excluding hydrogens is 382 g/mol. The lowest BCUT2D eigenvalue weighted by Crippen LogP contribution is -2.27. The minimum atomic E-state index is 0.273. The van der Waals surface area contributed by atoms with Crippen molar-refractivity contribution in [3.63, 3.8) is 0 Å². The second-order valence-electron chi connectivity index (χ2n) is 7.52. The summed E-state index contributed by atoms with van der Waals surface area (Å²) >= 11 is 0. The van der Waals surface area contributed by atoms with Crippen LogP contribution in [0.4, 0.5) is 0 Å². The zero-order chi connectivity index (χ0) is 22.1. The highest BCUT2D eigenvalue weighted by Gasteiger charge is 2.14. The molecule has 162 valence electrons. The van der Waals surface area contributed by atoms with Gasteiger partial charge in [0.25, 0.3) is 0 Å². The van der Waals surface area contributed by atoms with Gasteiger partial charge in [0, 0.05) is 6.54 Å². The zero-order valence-corrected chi connectivity index (χ0v) is 18.8. The maximum atomic E-state index is 10.1. The number of nitrogens with zero attached hydrogens (tertiary/aromatic N) is 1. The fourth-order valence-electron chi connectivity index (χ4n) is 3.89. The van der Waals surface area contributed by atoms with Gasteiger partial charge >= 0.3 is 0 Å². The number of rotatable bonds is 10. The summed E-state index contributed by atoms with van der Waals surface area (Å²) in [5.41, 5.74) is 5.71. The van der Waals surface area contributed by atoms with E-state index in [4.69, 9.17) is 4.74 Å². The molecule has 3 heteroatoms. The molecule has 0 aliphatic heterocycles. The van der Waals surface area contributed by atoms with Crippen LogP contribution < -0.4 is 4.74 Å². The molecule has 0 spiro atoms. The quantitative estimate of drug-likeness (QED) is 0.385. The summed E-state index contributed by atoms with van der Waals surface area (Å²) in [4.78, 5) is 2.35. The molecule has 3 aromatic rings. The van der Waals surface area contributed by atoms with Gasteiger partial charge in [-0.15, -0.1) is 0 Å². The van der Waals surface area contributed by atoms with E-state index in [1.54, 1.807) is 6.07 Å². The maximum absolute atomic E-state index is 10.1. The van der Waals surface area contributed by atoms with Crippen LogP contribution in [0, 0.1) is 0 Å². The van der Waals surface area contributed by atoms with Gasteiger partial charge in [-0.05, 0) is 71.6 Å². The second-order valence-corrected chi connectivity index (χ2v) is 7.52. The van der Waals surface area contributed by atoms with Crippen LogP contribution in [0.2, 0.25) is 0 Å². The van der Waals surface area contributed by atoms with Crippen LogP contribution in [-0.4, -0.2) is 36.2 Å². The van der Waals surface area contributed by atoms with Crippen molar-refractivity contribution in [1.82, 2.24) is 4.90 Å². The van der Waals surface area contributed by atoms with E-state index in [2.05, 4.69) is 68.1 Å². The topological polar surface area (TPSA) is 32.7 Å². The third-order valence-corrected chi connectivity index (χ3v) is 5.63. The predicted molar refractivity (Wildman–Crippen MR) is 130 cm³/mol. The van der Waals surface area contributed by atoms with E-state index in [-0.39, 0.29) is 5.75 Å². The molecule has 0 saturated heterocycles. The van der Waals surface area contributed by atoms with Gasteiger partial charge in [0.15, 0.2) is 0 Å². The van der Waals surface area contributed by atoms with Gasteiger partial charge in [-0.25, -0.2) is 0 Å². The van der Waals surface area contributed by atoms with Crippen molar-refractivity contribution in [3.05, 3.63) is 95.6 Å². The number of hydrogen-bond donors (Lipinski definition) is 1. The van der Waals surface area contributed by atoms with Gasteiger partial charge in [0.1, 0.15) is 18.1 Å². The smallest absolute Gasteiger partial charge is 0.119 e. The highest BCUT2D eigenvalue weighted by atomic mass is 16.5. The summed E-state index contributed by atoms with van der Waals surface area (Å²) in [5.74, 6) is 1.15. The number of aromatic hydroxyl groups is 1. The molecule has 0 radical (unpaired) electrons. The molecule has 0 aromatic heterocycles. The van der Waals surface area contributed by atoms with E-state index >= 15 is 0 Å². The molecule has 0 aliphatic rings. The minimum Gasteiger partial charge on any atom is -0.508 e. The van der Waals surface area contributed by atoms with Gasteiger partial charge in [0.2, 0.25) is 0 Å². The van der Waals surface area contributed by atoms with Crippen molar-refractivity contribution in [2.24, 2.45) is 0 Å². The Morgan fingerprint density at radius 3 is 2.06 bits per heavy atom. The Hall–Kier alpha value is -3.04. The molecule has 0 bridgehead atoms. The number of allylic oxidation sites excluding steroid dienone is 1. The summed E-state index contributed by atoms with van der Waals surface area (Å²) in [5, 5.41) is 10.1. The van der Waals surface area contributed by atoms with Crippen LogP contribution in [0.25, 0.3) is 11.1 Å². The SMILES string of the molecule is CCC(=C(c1ccc(OCCN(CC)CC)cc1)c1cccc(O)c1)c1ccccc1. The van der Waals surface area contributed by atoms with Crippen LogP contribution in [-0.2, 0) is 0 Å². The average molecular weight is 416 g/mol. The Kier molecular flexibility index (Phi) is 8.31. The highest BCUT2D eigenvalue weighted by molar-refractivity contribution is 5.98. The molecular formula is C28H33NO2. The van der Waals surface area contributed by atoms with Crippen LogP contribution in [0.1, 0.15) is 43.9 Å². The number of ether oxygens (including phenoxy) is 1. The largest absolute Gasteiger partial charge is 0.508 e. The summed E-state index contributed by atoms with van der Waals surface area (Å²) in [7, 11) is 0. The molecule has 31 heavy (non-hydrogen) atoms. The molecule has 0 atom stereocenters. The van der Waals surface area contributed by atoms with Gasteiger partial charge in [-0.3, -0.25) is 0 Å². The monoisotopic (exact) mass is 415 g/mol. The Balaban J connectivity index is 1.94. The summed E-state index contributed by atoms with van der Waals surface area (Å²) < 4.78 is 5.97. The molecule has 0 saturated carbocycles. The Labute approximate surface area is 186 Å². The number of phenolic OH excluding ortho intramolecular Hbond substituents is 1. The van der Waals surface area contributed by atoms with Gasteiger partial charge < -0.3 is 14.7 Å². The lowest BCUT2D eigenvalue weighted by Gasteiger charge is -2.19. The van der Waals surface area contributed by atoms with E-state index in [1.807, 2.05) is 30.3 Å². The molecule has 0 heterocycles. The molecule has 3 rings (SSSR count). The van der Waals surface area contributed by atoms with Crippen LogP contribution in [0.15, 0.2) is 78.9 Å². The number of phenols is 1. The predicted octanol–water partition coefficient (Wildman–Crippen LogP) is 6.48. The van der Waals surface area contributed by atoms with Gasteiger partial charge in [-0.2, -0.15) is 0 Å². The van der Waals surface area contributed by atoms with Crippen molar-refractivity contribution in [1.29, 1.82) is 0 Å². The normalized spacial score (nSPS) is 12.0. The molecule has 3 nitrogen and oxygen atoms in total. The highest BCUT2D eigenvalue weighted by Crippen LogP contribution is 2.36. The van der Waals surface area contributed by atoms with Gasteiger partial charge in [-0.1, -0.05) is 75.4 Å². The lowest BCUT2D eigenvalue weighted by atomic mass is 9.88. The van der Waals surface area contributed by atoms with E-state index < -0.39 is 0 Å². The van der Waals surface area contributed by atoms with Crippen LogP contribution in [0.3, 0.4) is 0 Å². The molecule has 1 N–H and O–H groups in total. The van der Waals surface area contributed by atoms with E-state index in [0.29, 0.717) is 6.61 Å². The summed E-state index contributed by atoms with van der Waals surface area (Å²) in [6.45, 7) is 10.2. The first-order chi connectivity index (χ1) is 15.2. The third kappa shape index (κ3) is 5.99. The fourth-order valence-corrected chi connectivity index (χ4v) is 3.89. The van der Waals surface area contributed by atoms with Crippen molar-refractivity contribution in [3.8, 4) is 11.5 Å². The molecule has 0 unspecified atom stereocenters. The molecule has 3 aromatic carbocycles. The molecule has 0 amide bonds. The third-order valence-electron chi connectivity index (χ3n) is 5.63. The summed E-state index contributed by atoms with van der Waals surface area (Å²) in [6.07, 6.45) is 0.886. The Bertz CT molecular complexity index is 973. The summed E-state index contributed by atoms with van der Waals surface area (Å²) in [6, 6.07) is 26.3. The number of hydrogen-bond acceptors (Lipinski definition) is 3. The Morgan fingerprint density at radius 1 is 0.774 bits per heavy atom. The zero-order valence-electron chi connectivity index (χ0n) is 18.8. The number of benzene rings is 3. The van der Waals surface area contributed by atoms with Crippen molar-refractivity contribution < 1.29 is 9.84 Å². The van der Waals surface area contributed by atoms with E-state index in [1.165, 1.54) is 11.1 Å². The minimum absolute atomic E-state index is 0.273. The fraction of sp³-hybridized carbons (Fsp3) is 0.286. The van der Waals surface area contributed by atoms with E-state index in [0.717, 1.165) is 48.5 Å². The first-order valence-corrected chi connectivity index (χ1v) is 11.2. The van der Waals surface area contributed by atoms with Crippen molar-refractivity contribution >= 4 is 11.1 Å².